The van der Waals surface area contributed by atoms with Crippen LogP contribution in [0, 0.1) is 11.6 Å². The Kier molecular flexibility index (Phi) is 4.30. The average Bonchev–Trinajstić information content (AvgIpc) is 2.37. The van der Waals surface area contributed by atoms with Gasteiger partial charge in [-0.3, -0.25) is 0 Å². The van der Waals surface area contributed by atoms with Crippen LogP contribution < -0.4 is 10.1 Å². The molecule has 0 bridgehead atoms. The number of rotatable bonds is 4. The van der Waals surface area contributed by atoms with E-state index in [1.807, 2.05) is 0 Å². The standard InChI is InChI=1S/C14H10F5NO/c15-10-5-6-12(11(16)7-10)20-8-9-3-1-2-4-13(9)21-14(17,18)19/h1-7,20H,8H2. The van der Waals surface area contributed by atoms with E-state index < -0.39 is 18.0 Å². The molecule has 0 spiro atoms. The molecule has 0 atom stereocenters. The van der Waals surface area contributed by atoms with Crippen molar-refractivity contribution in [2.45, 2.75) is 12.9 Å². The maximum Gasteiger partial charge on any atom is 0.573 e. The third kappa shape index (κ3) is 4.34. The third-order valence-corrected chi connectivity index (χ3v) is 2.60. The fourth-order valence-corrected chi connectivity index (χ4v) is 1.70. The lowest BCUT2D eigenvalue weighted by Gasteiger charge is -2.14. The summed E-state index contributed by atoms with van der Waals surface area (Å²) in [5, 5.41) is 2.59. The molecule has 0 fully saturated rings. The van der Waals surface area contributed by atoms with Crippen molar-refractivity contribution >= 4 is 5.69 Å². The largest absolute Gasteiger partial charge is 0.573 e. The van der Waals surface area contributed by atoms with Crippen LogP contribution in [-0.2, 0) is 6.54 Å². The van der Waals surface area contributed by atoms with Crippen molar-refractivity contribution in [2.75, 3.05) is 5.32 Å². The molecule has 0 heterocycles. The molecule has 0 amide bonds. The van der Waals surface area contributed by atoms with E-state index in [-0.39, 0.29) is 23.5 Å². The highest BCUT2D eigenvalue weighted by atomic mass is 19.4. The first-order chi connectivity index (χ1) is 9.85. The topological polar surface area (TPSA) is 21.3 Å². The van der Waals surface area contributed by atoms with E-state index in [1.165, 1.54) is 18.2 Å². The van der Waals surface area contributed by atoms with E-state index in [0.29, 0.717) is 6.07 Å². The van der Waals surface area contributed by atoms with Gasteiger partial charge in [-0.05, 0) is 18.2 Å². The molecule has 0 radical (unpaired) electrons. The molecule has 7 heteroatoms. The minimum absolute atomic E-state index is 0.0155. The number of ether oxygens (including phenoxy) is 1. The molecule has 2 rings (SSSR count). The summed E-state index contributed by atoms with van der Waals surface area (Å²) < 4.78 is 66.8. The van der Waals surface area contributed by atoms with E-state index in [0.717, 1.165) is 18.2 Å². The number of para-hydroxylation sites is 1. The molecule has 0 aliphatic heterocycles. The molecule has 112 valence electrons. The number of benzene rings is 2. The van der Waals surface area contributed by atoms with E-state index in [2.05, 4.69) is 10.1 Å². The number of halogens is 5. The molecule has 1 N–H and O–H groups in total. The van der Waals surface area contributed by atoms with Gasteiger partial charge in [0.25, 0.3) is 0 Å². The Morgan fingerprint density at radius 3 is 2.38 bits per heavy atom. The molecule has 2 nitrogen and oxygen atoms in total. The molecular weight excluding hydrogens is 293 g/mol. The van der Waals surface area contributed by atoms with Crippen molar-refractivity contribution in [3.63, 3.8) is 0 Å². The van der Waals surface area contributed by atoms with Gasteiger partial charge in [0.15, 0.2) is 0 Å². The van der Waals surface area contributed by atoms with Crippen molar-refractivity contribution < 1.29 is 26.7 Å². The number of hydrogen-bond donors (Lipinski definition) is 1. The van der Waals surface area contributed by atoms with E-state index in [4.69, 9.17) is 0 Å². The highest BCUT2D eigenvalue weighted by molar-refractivity contribution is 5.46. The average molecular weight is 303 g/mol. The summed E-state index contributed by atoms with van der Waals surface area (Å²) >= 11 is 0. The fourth-order valence-electron chi connectivity index (χ4n) is 1.70. The van der Waals surface area contributed by atoms with Crippen molar-refractivity contribution in [3.8, 4) is 5.75 Å². The van der Waals surface area contributed by atoms with Gasteiger partial charge < -0.3 is 10.1 Å². The van der Waals surface area contributed by atoms with Crippen LogP contribution in [0.5, 0.6) is 5.75 Å². The van der Waals surface area contributed by atoms with Crippen LogP contribution in [0.1, 0.15) is 5.56 Å². The maximum absolute atomic E-state index is 13.4. The number of anilines is 1. The van der Waals surface area contributed by atoms with Crippen LogP contribution >= 0.6 is 0 Å². The molecule has 0 unspecified atom stereocenters. The molecule has 2 aromatic carbocycles. The number of alkyl halides is 3. The van der Waals surface area contributed by atoms with E-state index in [1.54, 1.807) is 0 Å². The highest BCUT2D eigenvalue weighted by Crippen LogP contribution is 2.27. The Balaban J connectivity index is 2.13. The van der Waals surface area contributed by atoms with Crippen molar-refractivity contribution in [1.82, 2.24) is 0 Å². The lowest BCUT2D eigenvalue weighted by molar-refractivity contribution is -0.274. The number of nitrogens with one attached hydrogen (secondary N) is 1. The smallest absolute Gasteiger partial charge is 0.405 e. The summed E-state index contributed by atoms with van der Waals surface area (Å²) in [7, 11) is 0. The van der Waals surface area contributed by atoms with Gasteiger partial charge in [0.2, 0.25) is 0 Å². The zero-order valence-electron chi connectivity index (χ0n) is 10.5. The van der Waals surface area contributed by atoms with Gasteiger partial charge in [0.1, 0.15) is 17.4 Å². The second-order valence-electron chi connectivity index (χ2n) is 4.13. The minimum Gasteiger partial charge on any atom is -0.405 e. The Labute approximate surface area is 117 Å². The quantitative estimate of drug-likeness (QED) is 0.841. The van der Waals surface area contributed by atoms with Crippen LogP contribution in [0.3, 0.4) is 0 Å². The van der Waals surface area contributed by atoms with Crippen molar-refractivity contribution in [2.24, 2.45) is 0 Å². The van der Waals surface area contributed by atoms with E-state index >= 15 is 0 Å². The number of hydrogen-bond acceptors (Lipinski definition) is 2. The Morgan fingerprint density at radius 2 is 1.71 bits per heavy atom. The predicted octanol–water partition coefficient (Wildman–Crippen LogP) is 4.48. The zero-order chi connectivity index (χ0) is 15.5. The summed E-state index contributed by atoms with van der Waals surface area (Å²) in [6.45, 7) is -0.102. The first-order valence-electron chi connectivity index (χ1n) is 5.88. The predicted molar refractivity (Wildman–Crippen MR) is 66.8 cm³/mol. The summed E-state index contributed by atoms with van der Waals surface area (Å²) in [6.07, 6.45) is -4.81. The van der Waals surface area contributed by atoms with Gasteiger partial charge in [-0.2, -0.15) is 0 Å². The summed E-state index contributed by atoms with van der Waals surface area (Å²) in [5.74, 6) is -1.94. The van der Waals surface area contributed by atoms with Crippen LogP contribution in [0.2, 0.25) is 0 Å². The normalized spacial score (nSPS) is 11.3. The molecule has 0 aliphatic rings. The van der Waals surface area contributed by atoms with Crippen molar-refractivity contribution in [3.05, 3.63) is 59.7 Å². The highest BCUT2D eigenvalue weighted by Gasteiger charge is 2.31. The Bertz CT molecular complexity index is 627. The molecular formula is C14H10F5NO. The Morgan fingerprint density at radius 1 is 1.00 bits per heavy atom. The van der Waals surface area contributed by atoms with Gasteiger partial charge >= 0.3 is 6.36 Å². The molecule has 21 heavy (non-hydrogen) atoms. The molecule has 2 aromatic rings. The van der Waals surface area contributed by atoms with Crippen LogP contribution in [-0.4, -0.2) is 6.36 Å². The van der Waals surface area contributed by atoms with Crippen LogP contribution in [0.25, 0.3) is 0 Å². The molecule has 0 aliphatic carbocycles. The SMILES string of the molecule is Fc1ccc(NCc2ccccc2OC(F)(F)F)c(F)c1. The molecule has 0 saturated heterocycles. The summed E-state index contributed by atoms with van der Waals surface area (Å²) in [6, 6.07) is 8.38. The first-order valence-corrected chi connectivity index (χ1v) is 5.88. The third-order valence-electron chi connectivity index (χ3n) is 2.60. The van der Waals surface area contributed by atoms with Gasteiger partial charge in [-0.15, -0.1) is 13.2 Å². The maximum atomic E-state index is 13.4. The molecule has 0 saturated carbocycles. The lowest BCUT2D eigenvalue weighted by Crippen LogP contribution is -2.18. The monoisotopic (exact) mass is 303 g/mol. The lowest BCUT2D eigenvalue weighted by atomic mass is 10.2. The zero-order valence-corrected chi connectivity index (χ0v) is 10.5. The fraction of sp³-hybridized carbons (Fsp3) is 0.143. The van der Waals surface area contributed by atoms with Gasteiger partial charge in [-0.25, -0.2) is 8.78 Å². The summed E-state index contributed by atoms with van der Waals surface area (Å²) in [5.41, 5.74) is 0.178. The van der Waals surface area contributed by atoms with Crippen LogP contribution in [0.4, 0.5) is 27.6 Å². The second-order valence-corrected chi connectivity index (χ2v) is 4.13. The van der Waals surface area contributed by atoms with Gasteiger partial charge in [-0.1, -0.05) is 18.2 Å². The van der Waals surface area contributed by atoms with Gasteiger partial charge in [0.05, 0.1) is 5.69 Å². The van der Waals surface area contributed by atoms with E-state index in [9.17, 15) is 22.0 Å². The van der Waals surface area contributed by atoms with Crippen LogP contribution in [0.15, 0.2) is 42.5 Å². The minimum atomic E-state index is -4.81. The van der Waals surface area contributed by atoms with Gasteiger partial charge in [0, 0.05) is 18.2 Å². The summed E-state index contributed by atoms with van der Waals surface area (Å²) in [4.78, 5) is 0. The second kappa shape index (κ2) is 5.99. The first kappa shape index (κ1) is 15.1. The Hall–Kier alpha value is -2.31. The molecule has 0 aromatic heterocycles. The van der Waals surface area contributed by atoms with Crippen molar-refractivity contribution in [1.29, 1.82) is 0 Å².